The highest BCUT2D eigenvalue weighted by molar-refractivity contribution is 5.93. The number of amides is 3. The number of urea groups is 1. The van der Waals surface area contributed by atoms with Crippen molar-refractivity contribution >= 4 is 23.5 Å². The van der Waals surface area contributed by atoms with Crippen LogP contribution in [0, 0.1) is 13.8 Å². The molecule has 0 bridgehead atoms. The summed E-state index contributed by atoms with van der Waals surface area (Å²) in [4.78, 5) is 27.8. The first-order valence-corrected chi connectivity index (χ1v) is 7.81. The maximum atomic E-state index is 12.2. The van der Waals surface area contributed by atoms with E-state index >= 15 is 0 Å². The monoisotopic (exact) mass is 347 g/mol. The second-order valence-corrected chi connectivity index (χ2v) is 5.32. The van der Waals surface area contributed by atoms with E-state index < -0.39 is 18.2 Å². The minimum atomic E-state index is -0.549. The summed E-state index contributed by atoms with van der Waals surface area (Å²) in [5.41, 5.74) is 1.81. The first kappa shape index (κ1) is 18.2. The van der Waals surface area contributed by atoms with E-state index in [2.05, 4.69) is 26.1 Å². The first-order valence-electron chi connectivity index (χ1n) is 7.81. The number of carbonyl (C=O) groups excluding carboxylic acids is 2. The Morgan fingerprint density at radius 3 is 2.52 bits per heavy atom. The molecule has 0 saturated heterocycles. The van der Waals surface area contributed by atoms with Gasteiger partial charge in [-0.3, -0.25) is 5.32 Å². The smallest absolute Gasteiger partial charge is 0.411 e. The lowest BCUT2D eigenvalue weighted by Crippen LogP contribution is -2.31. The lowest BCUT2D eigenvalue weighted by Gasteiger charge is -2.15. The molecule has 3 N–H and O–H groups in total. The number of hydrogen-bond acceptors (Lipinski definition) is 6. The molecule has 1 unspecified atom stereocenters. The van der Waals surface area contributed by atoms with Gasteiger partial charge in [-0.15, -0.1) is 0 Å². The van der Waals surface area contributed by atoms with Crippen molar-refractivity contribution in [1.82, 2.24) is 15.5 Å². The average Bonchev–Trinajstić information content (AvgIpc) is 2.98. The molecule has 0 aliphatic carbocycles. The fraction of sp³-hybridized carbons (Fsp3) is 0.375. The maximum absolute atomic E-state index is 12.2. The van der Waals surface area contributed by atoms with Crippen LogP contribution in [-0.2, 0) is 4.74 Å². The van der Waals surface area contributed by atoms with Crippen LogP contribution in [0.15, 0.2) is 22.7 Å². The zero-order valence-corrected chi connectivity index (χ0v) is 14.5. The number of benzene rings is 1. The van der Waals surface area contributed by atoms with Gasteiger partial charge in [0.15, 0.2) is 5.82 Å². The summed E-state index contributed by atoms with van der Waals surface area (Å²) >= 11 is 0. The Kier molecular flexibility index (Phi) is 5.93. The van der Waals surface area contributed by atoms with E-state index in [4.69, 9.17) is 9.26 Å². The van der Waals surface area contributed by atoms with Crippen LogP contribution in [0.25, 0.3) is 0 Å². The summed E-state index contributed by atoms with van der Waals surface area (Å²) in [6, 6.07) is 4.29. The molecule has 134 valence electrons. The number of carbonyl (C=O) groups is 2. The lowest BCUT2D eigenvalue weighted by molar-refractivity contribution is 0.168. The molecule has 0 aliphatic rings. The molecule has 3 amide bonds. The van der Waals surface area contributed by atoms with E-state index in [0.29, 0.717) is 28.7 Å². The predicted molar refractivity (Wildman–Crippen MR) is 91.4 cm³/mol. The molecule has 0 fully saturated rings. The van der Waals surface area contributed by atoms with Gasteiger partial charge in [-0.2, -0.15) is 4.98 Å². The van der Waals surface area contributed by atoms with Crippen LogP contribution < -0.4 is 16.0 Å². The van der Waals surface area contributed by atoms with Crippen molar-refractivity contribution in [2.24, 2.45) is 0 Å². The maximum Gasteiger partial charge on any atom is 0.411 e. The van der Waals surface area contributed by atoms with E-state index in [1.165, 1.54) is 0 Å². The lowest BCUT2D eigenvalue weighted by atomic mass is 10.1. The molecular formula is C16H21N5O4. The Hall–Kier alpha value is -3.10. The van der Waals surface area contributed by atoms with Crippen LogP contribution in [0.4, 0.5) is 21.0 Å². The SMILES string of the molecule is CCOC(=O)Nc1cccc(NC(=O)NC(C)c2nc(C)no2)c1C. The van der Waals surface area contributed by atoms with Crippen LogP contribution in [-0.4, -0.2) is 28.9 Å². The topological polar surface area (TPSA) is 118 Å². The molecule has 1 aromatic carbocycles. The van der Waals surface area contributed by atoms with Crippen molar-refractivity contribution in [3.05, 3.63) is 35.5 Å². The average molecular weight is 347 g/mol. The molecule has 0 radical (unpaired) electrons. The Balaban J connectivity index is 2.01. The van der Waals surface area contributed by atoms with E-state index in [1.54, 1.807) is 45.9 Å². The second kappa shape index (κ2) is 8.13. The largest absolute Gasteiger partial charge is 0.450 e. The molecule has 2 rings (SSSR count). The number of aryl methyl sites for hydroxylation is 1. The van der Waals surface area contributed by atoms with Gasteiger partial charge < -0.3 is 19.9 Å². The molecule has 0 saturated carbocycles. The van der Waals surface area contributed by atoms with Crippen molar-refractivity contribution in [2.75, 3.05) is 17.2 Å². The Labute approximate surface area is 145 Å². The molecule has 0 spiro atoms. The molecule has 1 heterocycles. The molecule has 9 nitrogen and oxygen atoms in total. The molecule has 2 aromatic rings. The number of nitrogens with zero attached hydrogens (tertiary/aromatic N) is 2. The number of ether oxygens (including phenoxy) is 1. The fourth-order valence-electron chi connectivity index (χ4n) is 2.09. The Morgan fingerprint density at radius 1 is 1.24 bits per heavy atom. The zero-order valence-electron chi connectivity index (χ0n) is 14.5. The molecule has 1 atom stereocenters. The quantitative estimate of drug-likeness (QED) is 0.764. The van der Waals surface area contributed by atoms with Gasteiger partial charge in [-0.25, -0.2) is 9.59 Å². The third kappa shape index (κ3) is 4.93. The minimum absolute atomic E-state index is 0.276. The third-order valence-corrected chi connectivity index (χ3v) is 3.36. The molecule has 25 heavy (non-hydrogen) atoms. The van der Waals surface area contributed by atoms with Gasteiger partial charge in [0.1, 0.15) is 6.04 Å². The summed E-state index contributed by atoms with van der Waals surface area (Å²) < 4.78 is 9.87. The highest BCUT2D eigenvalue weighted by Crippen LogP contribution is 2.23. The van der Waals surface area contributed by atoms with Crippen molar-refractivity contribution in [3.63, 3.8) is 0 Å². The van der Waals surface area contributed by atoms with E-state index in [-0.39, 0.29) is 6.61 Å². The highest BCUT2D eigenvalue weighted by Gasteiger charge is 2.16. The molecular weight excluding hydrogens is 326 g/mol. The summed E-state index contributed by atoms with van der Waals surface area (Å²) in [5, 5.41) is 11.8. The van der Waals surface area contributed by atoms with Gasteiger partial charge >= 0.3 is 12.1 Å². The molecule has 0 aliphatic heterocycles. The van der Waals surface area contributed by atoms with Crippen LogP contribution in [0.1, 0.15) is 37.2 Å². The van der Waals surface area contributed by atoms with Gasteiger partial charge in [0.25, 0.3) is 0 Å². The van der Waals surface area contributed by atoms with Crippen molar-refractivity contribution in [1.29, 1.82) is 0 Å². The number of nitrogens with one attached hydrogen (secondary N) is 3. The fourth-order valence-corrected chi connectivity index (χ4v) is 2.09. The van der Waals surface area contributed by atoms with Crippen LogP contribution in [0.2, 0.25) is 0 Å². The van der Waals surface area contributed by atoms with Crippen molar-refractivity contribution < 1.29 is 18.8 Å². The summed E-state index contributed by atoms with van der Waals surface area (Å²) in [7, 11) is 0. The number of hydrogen-bond donors (Lipinski definition) is 3. The zero-order chi connectivity index (χ0) is 18.4. The van der Waals surface area contributed by atoms with Gasteiger partial charge in [0.2, 0.25) is 5.89 Å². The van der Waals surface area contributed by atoms with E-state index in [1.807, 2.05) is 0 Å². The molecule has 9 heteroatoms. The second-order valence-electron chi connectivity index (χ2n) is 5.32. The number of rotatable bonds is 5. The van der Waals surface area contributed by atoms with Gasteiger partial charge in [-0.1, -0.05) is 11.2 Å². The van der Waals surface area contributed by atoms with Crippen molar-refractivity contribution in [3.8, 4) is 0 Å². The van der Waals surface area contributed by atoms with E-state index in [9.17, 15) is 9.59 Å². The summed E-state index contributed by atoms with van der Waals surface area (Å²) in [6.45, 7) is 7.21. The highest BCUT2D eigenvalue weighted by atomic mass is 16.5. The van der Waals surface area contributed by atoms with E-state index in [0.717, 1.165) is 0 Å². The van der Waals surface area contributed by atoms with Crippen LogP contribution >= 0.6 is 0 Å². The summed E-state index contributed by atoms with van der Waals surface area (Å²) in [6.07, 6.45) is -0.549. The Bertz CT molecular complexity index is 759. The number of anilines is 2. The Morgan fingerprint density at radius 2 is 1.92 bits per heavy atom. The van der Waals surface area contributed by atoms with Gasteiger partial charge in [-0.05, 0) is 45.4 Å². The third-order valence-electron chi connectivity index (χ3n) is 3.36. The standard InChI is InChI=1S/C16H21N5O4/c1-5-24-16(23)20-13-8-6-7-12(9(13)2)19-15(22)17-10(3)14-18-11(4)21-25-14/h6-8,10H,5H2,1-4H3,(H,20,23)(H2,17,19,22). The summed E-state index contributed by atoms with van der Waals surface area (Å²) in [5.74, 6) is 0.819. The van der Waals surface area contributed by atoms with Gasteiger partial charge in [0.05, 0.1) is 6.61 Å². The normalized spacial score (nSPS) is 11.5. The first-order chi connectivity index (χ1) is 11.9. The minimum Gasteiger partial charge on any atom is -0.450 e. The predicted octanol–water partition coefficient (Wildman–Crippen LogP) is 3.14. The number of aromatic nitrogens is 2. The molecule has 1 aromatic heterocycles. The van der Waals surface area contributed by atoms with Gasteiger partial charge in [0, 0.05) is 11.4 Å². The van der Waals surface area contributed by atoms with Crippen LogP contribution in [0.3, 0.4) is 0 Å². The van der Waals surface area contributed by atoms with Crippen molar-refractivity contribution in [2.45, 2.75) is 33.7 Å². The van der Waals surface area contributed by atoms with Crippen LogP contribution in [0.5, 0.6) is 0 Å².